The average molecular weight is 260 g/mol. The number of hydrogen-bond donors (Lipinski definition) is 2. The molecule has 1 aromatic carbocycles. The molecule has 0 radical (unpaired) electrons. The van der Waals surface area contributed by atoms with Gasteiger partial charge in [0.15, 0.2) is 0 Å². The first-order valence-corrected chi connectivity index (χ1v) is 6.03. The molecule has 2 N–H and O–H groups in total. The molecule has 19 heavy (non-hydrogen) atoms. The summed E-state index contributed by atoms with van der Waals surface area (Å²) in [6.45, 7) is 4.91. The summed E-state index contributed by atoms with van der Waals surface area (Å²) in [6.07, 6.45) is -0.891. The van der Waals surface area contributed by atoms with Gasteiger partial charge in [-0.2, -0.15) is 5.26 Å². The van der Waals surface area contributed by atoms with Crippen LogP contribution in [0.3, 0.4) is 0 Å². The molecule has 0 unspecified atom stereocenters. The van der Waals surface area contributed by atoms with Gasteiger partial charge in [0.1, 0.15) is 17.5 Å². The Hall–Kier alpha value is -2.06. The first-order chi connectivity index (χ1) is 8.85. The van der Waals surface area contributed by atoms with Gasteiger partial charge in [0.05, 0.1) is 17.7 Å². The maximum atomic E-state index is 11.3. The number of nitriles is 1. The summed E-state index contributed by atoms with van der Waals surface area (Å²) < 4.78 is 5.73. The van der Waals surface area contributed by atoms with E-state index in [1.165, 1.54) is 6.92 Å². The van der Waals surface area contributed by atoms with Crippen LogP contribution in [-0.4, -0.2) is 22.7 Å². The molecule has 0 aliphatic carbocycles. The van der Waals surface area contributed by atoms with Gasteiger partial charge < -0.3 is 15.2 Å². The first kappa shape index (κ1) is 13.4. The summed E-state index contributed by atoms with van der Waals surface area (Å²) in [7, 11) is 0. The van der Waals surface area contributed by atoms with Crippen molar-refractivity contribution in [1.29, 1.82) is 5.26 Å². The molecule has 1 aliphatic heterocycles. The molecule has 0 fully saturated rings. The Labute approximate surface area is 111 Å². The van der Waals surface area contributed by atoms with E-state index in [9.17, 15) is 9.90 Å². The molecule has 1 amide bonds. The van der Waals surface area contributed by atoms with Crippen LogP contribution < -0.4 is 10.1 Å². The fraction of sp³-hybridized carbons (Fsp3) is 0.429. The number of amides is 1. The van der Waals surface area contributed by atoms with Crippen LogP contribution in [0.1, 0.15) is 37.9 Å². The summed E-state index contributed by atoms with van der Waals surface area (Å²) in [5.41, 5.74) is 0.277. The second-order valence-corrected chi connectivity index (χ2v) is 5.19. The molecule has 0 saturated carbocycles. The maximum Gasteiger partial charge on any atom is 0.217 e. The minimum atomic E-state index is -0.891. The second kappa shape index (κ2) is 4.56. The van der Waals surface area contributed by atoms with Crippen molar-refractivity contribution in [3.63, 3.8) is 0 Å². The Kier molecular flexibility index (Phi) is 3.21. The van der Waals surface area contributed by atoms with E-state index in [4.69, 9.17) is 10.00 Å². The number of aliphatic hydroxyl groups excluding tert-OH is 1. The molecule has 2 rings (SSSR count). The van der Waals surface area contributed by atoms with Crippen molar-refractivity contribution in [1.82, 2.24) is 5.32 Å². The number of nitrogens with zero attached hydrogens (tertiary/aromatic N) is 1. The number of carbonyl (C=O) groups is 1. The zero-order valence-electron chi connectivity index (χ0n) is 11.1. The highest BCUT2D eigenvalue weighted by Gasteiger charge is 2.43. The van der Waals surface area contributed by atoms with Crippen LogP contribution in [0, 0.1) is 11.3 Å². The SMILES string of the molecule is CC(=O)N[C@H]1c2cc(C#N)ccc2OC(C)(C)[C@H]1O. The molecule has 1 aliphatic rings. The minimum absolute atomic E-state index is 0.241. The topological polar surface area (TPSA) is 82.4 Å². The zero-order chi connectivity index (χ0) is 14.2. The zero-order valence-corrected chi connectivity index (χ0v) is 11.1. The van der Waals surface area contributed by atoms with Crippen LogP contribution in [0.2, 0.25) is 0 Å². The Morgan fingerprint density at radius 1 is 1.53 bits per heavy atom. The van der Waals surface area contributed by atoms with Crippen LogP contribution in [0.4, 0.5) is 0 Å². The molecule has 5 heteroatoms. The van der Waals surface area contributed by atoms with Crippen molar-refractivity contribution in [3.8, 4) is 11.8 Å². The second-order valence-electron chi connectivity index (χ2n) is 5.19. The third-order valence-electron chi connectivity index (χ3n) is 3.23. The summed E-state index contributed by atoms with van der Waals surface area (Å²) in [4.78, 5) is 11.3. The highest BCUT2D eigenvalue weighted by Crippen LogP contribution is 2.40. The summed E-state index contributed by atoms with van der Waals surface area (Å²) in [5.74, 6) is 0.336. The van der Waals surface area contributed by atoms with E-state index in [1.54, 1.807) is 32.0 Å². The van der Waals surface area contributed by atoms with Gasteiger partial charge in [0.25, 0.3) is 0 Å². The standard InChI is InChI=1S/C14H16N2O3/c1-8(17)16-12-10-6-9(7-15)4-5-11(10)19-14(2,3)13(12)18/h4-6,12-13,18H,1-3H3,(H,16,17)/t12-,13-/m0/s1. The lowest BCUT2D eigenvalue weighted by Gasteiger charge is -2.42. The normalized spacial score (nSPS) is 23.7. The van der Waals surface area contributed by atoms with E-state index < -0.39 is 17.7 Å². The molecule has 1 heterocycles. The van der Waals surface area contributed by atoms with Gasteiger partial charge in [-0.1, -0.05) is 0 Å². The third-order valence-corrected chi connectivity index (χ3v) is 3.23. The number of benzene rings is 1. The molecule has 0 spiro atoms. The van der Waals surface area contributed by atoms with Crippen LogP contribution >= 0.6 is 0 Å². The van der Waals surface area contributed by atoms with Crippen LogP contribution in [0.15, 0.2) is 18.2 Å². The molecular formula is C14H16N2O3. The quantitative estimate of drug-likeness (QED) is 0.796. The van der Waals surface area contributed by atoms with Crippen LogP contribution in [0.25, 0.3) is 0 Å². The van der Waals surface area contributed by atoms with E-state index in [0.29, 0.717) is 16.9 Å². The van der Waals surface area contributed by atoms with Crippen molar-refractivity contribution in [2.45, 2.75) is 38.5 Å². The number of rotatable bonds is 1. The highest BCUT2D eigenvalue weighted by molar-refractivity contribution is 5.74. The molecular weight excluding hydrogens is 244 g/mol. The summed E-state index contributed by atoms with van der Waals surface area (Å²) >= 11 is 0. The molecule has 100 valence electrons. The summed E-state index contributed by atoms with van der Waals surface area (Å²) in [6, 6.07) is 6.43. The summed E-state index contributed by atoms with van der Waals surface area (Å²) in [5, 5.41) is 22.0. The first-order valence-electron chi connectivity index (χ1n) is 6.03. The largest absolute Gasteiger partial charge is 0.485 e. The number of hydrogen-bond acceptors (Lipinski definition) is 4. The lowest BCUT2D eigenvalue weighted by Crippen LogP contribution is -2.53. The number of aliphatic hydroxyl groups is 1. The minimum Gasteiger partial charge on any atom is -0.485 e. The van der Waals surface area contributed by atoms with E-state index >= 15 is 0 Å². The number of ether oxygens (including phenoxy) is 1. The number of nitrogens with one attached hydrogen (secondary N) is 1. The lowest BCUT2D eigenvalue weighted by atomic mass is 9.86. The Bertz CT molecular complexity index is 560. The monoisotopic (exact) mass is 260 g/mol. The molecule has 0 saturated heterocycles. The van der Waals surface area contributed by atoms with Gasteiger partial charge in [-0.25, -0.2) is 0 Å². The number of carbonyl (C=O) groups excluding carboxylic acids is 1. The molecule has 0 aromatic heterocycles. The smallest absolute Gasteiger partial charge is 0.217 e. The molecule has 2 atom stereocenters. The van der Waals surface area contributed by atoms with Gasteiger partial charge in [0.2, 0.25) is 5.91 Å². The molecule has 5 nitrogen and oxygen atoms in total. The van der Waals surface area contributed by atoms with Crippen LogP contribution in [0.5, 0.6) is 5.75 Å². The third kappa shape index (κ3) is 2.40. The van der Waals surface area contributed by atoms with Crippen molar-refractivity contribution in [2.75, 3.05) is 0 Å². The van der Waals surface area contributed by atoms with E-state index in [1.807, 2.05) is 6.07 Å². The van der Waals surface area contributed by atoms with Gasteiger partial charge >= 0.3 is 0 Å². The van der Waals surface area contributed by atoms with Crippen molar-refractivity contribution >= 4 is 5.91 Å². The predicted molar refractivity (Wildman–Crippen MR) is 68.4 cm³/mol. The van der Waals surface area contributed by atoms with Gasteiger partial charge in [-0.3, -0.25) is 4.79 Å². The van der Waals surface area contributed by atoms with E-state index in [2.05, 4.69) is 5.32 Å². The average Bonchev–Trinajstić information content (AvgIpc) is 2.34. The maximum absolute atomic E-state index is 11.3. The lowest BCUT2D eigenvalue weighted by molar-refractivity contribution is -0.123. The fourth-order valence-electron chi connectivity index (χ4n) is 2.24. The van der Waals surface area contributed by atoms with Gasteiger partial charge in [0, 0.05) is 12.5 Å². The van der Waals surface area contributed by atoms with E-state index in [-0.39, 0.29) is 5.91 Å². The number of fused-ring (bicyclic) bond motifs is 1. The Balaban J connectivity index is 2.52. The molecule has 1 aromatic rings. The Morgan fingerprint density at radius 2 is 2.21 bits per heavy atom. The highest BCUT2D eigenvalue weighted by atomic mass is 16.5. The van der Waals surface area contributed by atoms with E-state index in [0.717, 1.165) is 0 Å². The van der Waals surface area contributed by atoms with Gasteiger partial charge in [-0.05, 0) is 32.0 Å². The molecule has 0 bridgehead atoms. The van der Waals surface area contributed by atoms with Crippen molar-refractivity contribution in [2.24, 2.45) is 0 Å². The van der Waals surface area contributed by atoms with Gasteiger partial charge in [-0.15, -0.1) is 0 Å². The predicted octanol–water partition coefficient (Wildman–Crippen LogP) is 1.27. The Morgan fingerprint density at radius 3 is 2.79 bits per heavy atom. The van der Waals surface area contributed by atoms with Crippen molar-refractivity contribution < 1.29 is 14.6 Å². The van der Waals surface area contributed by atoms with Crippen molar-refractivity contribution in [3.05, 3.63) is 29.3 Å². The fourth-order valence-corrected chi connectivity index (χ4v) is 2.24. The van der Waals surface area contributed by atoms with Crippen LogP contribution in [-0.2, 0) is 4.79 Å².